The van der Waals surface area contributed by atoms with Gasteiger partial charge in [0.15, 0.2) is 5.78 Å². The highest BCUT2D eigenvalue weighted by molar-refractivity contribution is 5.82. The van der Waals surface area contributed by atoms with Gasteiger partial charge in [-0.05, 0) is 43.7 Å². The first kappa shape index (κ1) is 15.2. The van der Waals surface area contributed by atoms with Crippen LogP contribution in [0.25, 0.3) is 0 Å². The SMILES string of the molecule is CN(CC(=O)Cc1ccccc1)C1CCC(C)(C)CC1. The molecule has 0 aromatic heterocycles. The van der Waals surface area contributed by atoms with Crippen molar-refractivity contribution in [3.63, 3.8) is 0 Å². The van der Waals surface area contributed by atoms with Gasteiger partial charge in [0.25, 0.3) is 0 Å². The maximum Gasteiger partial charge on any atom is 0.151 e. The summed E-state index contributed by atoms with van der Waals surface area (Å²) in [6, 6.07) is 10.6. The first-order chi connectivity index (χ1) is 9.46. The van der Waals surface area contributed by atoms with Crippen LogP contribution in [0.2, 0.25) is 0 Å². The van der Waals surface area contributed by atoms with Crippen LogP contribution in [0.4, 0.5) is 0 Å². The predicted molar refractivity (Wildman–Crippen MR) is 83.8 cm³/mol. The average molecular weight is 273 g/mol. The van der Waals surface area contributed by atoms with Crippen molar-refractivity contribution < 1.29 is 4.79 Å². The Labute approximate surface area is 123 Å². The number of hydrogen-bond donors (Lipinski definition) is 0. The highest BCUT2D eigenvalue weighted by Crippen LogP contribution is 2.36. The van der Waals surface area contributed by atoms with Gasteiger partial charge in [-0.1, -0.05) is 44.2 Å². The maximum absolute atomic E-state index is 12.2. The van der Waals surface area contributed by atoms with Crippen LogP contribution in [-0.4, -0.2) is 30.3 Å². The van der Waals surface area contributed by atoms with E-state index in [1.807, 2.05) is 30.3 Å². The number of nitrogens with zero attached hydrogens (tertiary/aromatic N) is 1. The fraction of sp³-hybridized carbons (Fsp3) is 0.611. The van der Waals surface area contributed by atoms with Gasteiger partial charge in [-0.25, -0.2) is 0 Å². The first-order valence-corrected chi connectivity index (χ1v) is 7.72. The van der Waals surface area contributed by atoms with Crippen LogP contribution in [0.5, 0.6) is 0 Å². The third-order valence-electron chi connectivity index (χ3n) is 4.60. The van der Waals surface area contributed by atoms with E-state index in [2.05, 4.69) is 25.8 Å². The summed E-state index contributed by atoms with van der Waals surface area (Å²) in [5.74, 6) is 0.323. The zero-order chi connectivity index (χ0) is 14.6. The molecule has 0 saturated heterocycles. The van der Waals surface area contributed by atoms with Gasteiger partial charge >= 0.3 is 0 Å². The van der Waals surface area contributed by atoms with Crippen LogP contribution < -0.4 is 0 Å². The van der Waals surface area contributed by atoms with Crippen molar-refractivity contribution >= 4 is 5.78 Å². The highest BCUT2D eigenvalue weighted by atomic mass is 16.1. The van der Waals surface area contributed by atoms with Crippen molar-refractivity contribution in [2.45, 2.75) is 52.0 Å². The lowest BCUT2D eigenvalue weighted by molar-refractivity contribution is -0.120. The lowest BCUT2D eigenvalue weighted by atomic mass is 9.75. The van der Waals surface area contributed by atoms with E-state index in [1.165, 1.54) is 25.7 Å². The number of Topliss-reactive ketones (excluding diaryl/α,β-unsaturated/α-hetero) is 1. The third-order valence-corrected chi connectivity index (χ3v) is 4.60. The molecule has 20 heavy (non-hydrogen) atoms. The molecule has 0 spiro atoms. The molecule has 1 aromatic carbocycles. The van der Waals surface area contributed by atoms with Crippen LogP contribution in [0.1, 0.15) is 45.1 Å². The van der Waals surface area contributed by atoms with Gasteiger partial charge in [-0.3, -0.25) is 9.69 Å². The number of carbonyl (C=O) groups excluding carboxylic acids is 1. The number of carbonyl (C=O) groups is 1. The van der Waals surface area contributed by atoms with E-state index in [0.717, 1.165) is 5.56 Å². The Hall–Kier alpha value is -1.15. The second-order valence-corrected chi connectivity index (χ2v) is 7.01. The number of benzene rings is 1. The molecule has 1 saturated carbocycles. The molecular formula is C18H27NO. The largest absolute Gasteiger partial charge is 0.298 e. The maximum atomic E-state index is 12.2. The third kappa shape index (κ3) is 4.45. The molecule has 0 atom stereocenters. The molecule has 1 fully saturated rings. The molecule has 110 valence electrons. The topological polar surface area (TPSA) is 20.3 Å². The van der Waals surface area contributed by atoms with Gasteiger partial charge in [-0.15, -0.1) is 0 Å². The molecule has 0 aliphatic heterocycles. The van der Waals surface area contributed by atoms with Crippen LogP contribution in [0.15, 0.2) is 30.3 Å². The van der Waals surface area contributed by atoms with Crippen molar-refractivity contribution in [2.24, 2.45) is 5.41 Å². The van der Waals surface area contributed by atoms with Gasteiger partial charge in [-0.2, -0.15) is 0 Å². The van der Waals surface area contributed by atoms with Crippen LogP contribution in [-0.2, 0) is 11.2 Å². The summed E-state index contributed by atoms with van der Waals surface area (Å²) < 4.78 is 0. The molecular weight excluding hydrogens is 246 g/mol. The van der Waals surface area contributed by atoms with E-state index in [9.17, 15) is 4.79 Å². The molecule has 0 unspecified atom stereocenters. The molecule has 0 bridgehead atoms. The van der Waals surface area contributed by atoms with Crippen molar-refractivity contribution in [2.75, 3.05) is 13.6 Å². The van der Waals surface area contributed by atoms with Crippen LogP contribution >= 0.6 is 0 Å². The predicted octanol–water partition coefficient (Wildman–Crippen LogP) is 3.70. The Morgan fingerprint density at radius 2 is 1.80 bits per heavy atom. The minimum absolute atomic E-state index is 0.323. The van der Waals surface area contributed by atoms with Crippen molar-refractivity contribution in [3.05, 3.63) is 35.9 Å². The van der Waals surface area contributed by atoms with Crippen LogP contribution in [0, 0.1) is 5.41 Å². The fourth-order valence-corrected chi connectivity index (χ4v) is 3.11. The van der Waals surface area contributed by atoms with Gasteiger partial charge in [0.2, 0.25) is 0 Å². The number of ketones is 1. The summed E-state index contributed by atoms with van der Waals surface area (Å²) in [5, 5.41) is 0. The molecule has 2 heteroatoms. The lowest BCUT2D eigenvalue weighted by Gasteiger charge is -2.38. The quantitative estimate of drug-likeness (QED) is 0.815. The second kappa shape index (κ2) is 6.53. The summed E-state index contributed by atoms with van der Waals surface area (Å²) in [5.41, 5.74) is 1.61. The zero-order valence-electron chi connectivity index (χ0n) is 13.1. The Morgan fingerprint density at radius 3 is 2.40 bits per heavy atom. The minimum Gasteiger partial charge on any atom is -0.298 e. The summed E-state index contributed by atoms with van der Waals surface area (Å²) >= 11 is 0. The van der Waals surface area contributed by atoms with E-state index < -0.39 is 0 Å². The molecule has 2 rings (SSSR count). The number of likely N-dealkylation sites (N-methyl/N-ethyl adjacent to an activating group) is 1. The standard InChI is InChI=1S/C18H27NO/c1-18(2)11-9-16(10-12-18)19(3)14-17(20)13-15-7-5-4-6-8-15/h4-8,16H,9-14H2,1-3H3. The van der Waals surface area contributed by atoms with Crippen LogP contribution in [0.3, 0.4) is 0 Å². The van der Waals surface area contributed by atoms with Gasteiger partial charge < -0.3 is 0 Å². The fourth-order valence-electron chi connectivity index (χ4n) is 3.11. The Balaban J connectivity index is 1.80. The molecule has 0 N–H and O–H groups in total. The van der Waals surface area contributed by atoms with E-state index in [0.29, 0.717) is 30.2 Å². The first-order valence-electron chi connectivity index (χ1n) is 7.72. The Bertz CT molecular complexity index is 428. The van der Waals surface area contributed by atoms with Crippen molar-refractivity contribution in [3.8, 4) is 0 Å². The molecule has 0 heterocycles. The molecule has 0 amide bonds. The summed E-state index contributed by atoms with van der Waals surface area (Å²) in [6.45, 7) is 5.29. The molecule has 1 aromatic rings. The normalized spacial score (nSPS) is 19.2. The summed E-state index contributed by atoms with van der Waals surface area (Å²) in [6.07, 6.45) is 5.55. The molecule has 2 nitrogen and oxygen atoms in total. The highest BCUT2D eigenvalue weighted by Gasteiger charge is 2.29. The summed E-state index contributed by atoms with van der Waals surface area (Å²) in [4.78, 5) is 14.4. The number of rotatable bonds is 5. The van der Waals surface area contributed by atoms with Gasteiger partial charge in [0.1, 0.15) is 0 Å². The van der Waals surface area contributed by atoms with E-state index in [1.54, 1.807) is 0 Å². The molecule has 1 aliphatic carbocycles. The lowest BCUT2D eigenvalue weighted by Crippen LogP contribution is -2.40. The Morgan fingerprint density at radius 1 is 1.20 bits per heavy atom. The summed E-state index contributed by atoms with van der Waals surface area (Å²) in [7, 11) is 2.10. The monoisotopic (exact) mass is 273 g/mol. The Kier molecular flexibility index (Phi) is 4.98. The van der Waals surface area contributed by atoms with Gasteiger partial charge in [0, 0.05) is 12.5 Å². The minimum atomic E-state index is 0.323. The van der Waals surface area contributed by atoms with Gasteiger partial charge in [0.05, 0.1) is 6.54 Å². The van der Waals surface area contributed by atoms with E-state index in [-0.39, 0.29) is 0 Å². The smallest absolute Gasteiger partial charge is 0.151 e. The number of hydrogen-bond acceptors (Lipinski definition) is 2. The van der Waals surface area contributed by atoms with E-state index >= 15 is 0 Å². The van der Waals surface area contributed by atoms with Crippen molar-refractivity contribution in [1.29, 1.82) is 0 Å². The second-order valence-electron chi connectivity index (χ2n) is 7.01. The average Bonchev–Trinajstić information content (AvgIpc) is 2.39. The van der Waals surface area contributed by atoms with E-state index in [4.69, 9.17) is 0 Å². The zero-order valence-corrected chi connectivity index (χ0v) is 13.1. The van der Waals surface area contributed by atoms with Crippen molar-refractivity contribution in [1.82, 2.24) is 4.90 Å². The molecule has 1 aliphatic rings. The molecule has 0 radical (unpaired) electrons.